The van der Waals surface area contributed by atoms with Crippen molar-refractivity contribution in [3.63, 3.8) is 0 Å². The van der Waals surface area contributed by atoms with E-state index in [1.165, 1.54) is 0 Å². The second kappa shape index (κ2) is 7.34. The van der Waals surface area contributed by atoms with E-state index in [0.717, 1.165) is 50.1 Å². The van der Waals surface area contributed by atoms with Gasteiger partial charge in [-0.25, -0.2) is 0 Å². The molecular formula is C19H27N3O2. The summed E-state index contributed by atoms with van der Waals surface area (Å²) in [6, 6.07) is 7.97. The number of piperidine rings is 1. The van der Waals surface area contributed by atoms with Crippen molar-refractivity contribution in [3.05, 3.63) is 29.8 Å². The fourth-order valence-electron chi connectivity index (χ4n) is 3.67. The third-order valence-electron chi connectivity index (χ3n) is 5.23. The molecule has 0 aliphatic carbocycles. The first-order chi connectivity index (χ1) is 11.5. The summed E-state index contributed by atoms with van der Waals surface area (Å²) in [6.07, 6.45) is 4.12. The molecule has 0 unspecified atom stereocenters. The fraction of sp³-hybridized carbons (Fsp3) is 0.579. The molecule has 1 aromatic rings. The van der Waals surface area contributed by atoms with Gasteiger partial charge in [0.25, 0.3) is 0 Å². The van der Waals surface area contributed by atoms with Crippen LogP contribution in [0.5, 0.6) is 0 Å². The van der Waals surface area contributed by atoms with E-state index < -0.39 is 0 Å². The minimum atomic E-state index is 0.137. The molecule has 2 fully saturated rings. The van der Waals surface area contributed by atoms with Crippen LogP contribution in [0.1, 0.15) is 38.2 Å². The zero-order valence-corrected chi connectivity index (χ0v) is 14.4. The number of carbonyl (C=O) groups excluding carboxylic acids is 2. The quantitative estimate of drug-likeness (QED) is 0.918. The smallest absolute Gasteiger partial charge is 0.227 e. The van der Waals surface area contributed by atoms with Gasteiger partial charge in [0.15, 0.2) is 0 Å². The number of carbonyl (C=O) groups is 2. The van der Waals surface area contributed by atoms with Crippen LogP contribution in [-0.4, -0.2) is 42.4 Å². The molecule has 5 heteroatoms. The molecule has 24 heavy (non-hydrogen) atoms. The Kier molecular flexibility index (Phi) is 5.19. The summed E-state index contributed by atoms with van der Waals surface area (Å²) < 4.78 is 0. The lowest BCUT2D eigenvalue weighted by Crippen LogP contribution is -2.45. The number of likely N-dealkylation sites (tertiary alicyclic amines) is 1. The Morgan fingerprint density at radius 1 is 1.25 bits per heavy atom. The van der Waals surface area contributed by atoms with Crippen LogP contribution in [0.15, 0.2) is 24.3 Å². The van der Waals surface area contributed by atoms with Crippen molar-refractivity contribution >= 4 is 17.5 Å². The van der Waals surface area contributed by atoms with Crippen molar-refractivity contribution in [1.82, 2.24) is 4.90 Å². The minimum Gasteiger partial charge on any atom is -0.342 e. The molecule has 0 spiro atoms. The molecule has 2 aliphatic heterocycles. The van der Waals surface area contributed by atoms with Crippen LogP contribution < -0.4 is 10.6 Å². The summed E-state index contributed by atoms with van der Waals surface area (Å²) in [6.45, 7) is 4.43. The van der Waals surface area contributed by atoms with E-state index in [-0.39, 0.29) is 17.9 Å². The maximum Gasteiger partial charge on any atom is 0.227 e. The summed E-state index contributed by atoms with van der Waals surface area (Å²) in [7, 11) is 0. The monoisotopic (exact) mass is 329 g/mol. The van der Waals surface area contributed by atoms with Gasteiger partial charge in [0, 0.05) is 37.8 Å². The zero-order valence-electron chi connectivity index (χ0n) is 14.4. The molecule has 1 aromatic carbocycles. The third kappa shape index (κ3) is 3.78. The minimum absolute atomic E-state index is 0.137. The van der Waals surface area contributed by atoms with Crippen molar-refractivity contribution in [3.8, 4) is 0 Å². The van der Waals surface area contributed by atoms with Crippen molar-refractivity contribution in [1.29, 1.82) is 0 Å². The second-order valence-electron chi connectivity index (χ2n) is 7.09. The first kappa shape index (κ1) is 17.0. The molecule has 130 valence electrons. The van der Waals surface area contributed by atoms with E-state index in [9.17, 15) is 9.59 Å². The Balaban J connectivity index is 1.59. The van der Waals surface area contributed by atoms with E-state index in [4.69, 9.17) is 5.73 Å². The van der Waals surface area contributed by atoms with Gasteiger partial charge in [0.1, 0.15) is 0 Å². The predicted molar refractivity (Wildman–Crippen MR) is 94.7 cm³/mol. The Bertz CT molecular complexity index is 597. The van der Waals surface area contributed by atoms with Crippen LogP contribution in [0.3, 0.4) is 0 Å². The standard InChI is InChI=1S/C19H27N3O2/c1-14(20)16-4-2-10-21(13-16)19(24)12-15-6-8-17(9-7-15)22-11-3-5-18(22)23/h6-9,14,16H,2-5,10-13,20H2,1H3/t14-,16-/m1/s1. The van der Waals surface area contributed by atoms with Crippen LogP contribution in [0.25, 0.3) is 0 Å². The predicted octanol–water partition coefficient (Wildman–Crippen LogP) is 1.94. The van der Waals surface area contributed by atoms with Crippen molar-refractivity contribution < 1.29 is 9.59 Å². The molecule has 2 N–H and O–H groups in total. The number of amides is 2. The van der Waals surface area contributed by atoms with Gasteiger partial charge < -0.3 is 15.5 Å². The van der Waals surface area contributed by atoms with E-state index >= 15 is 0 Å². The molecule has 2 amide bonds. The van der Waals surface area contributed by atoms with Crippen LogP contribution in [0, 0.1) is 5.92 Å². The maximum atomic E-state index is 12.5. The fourth-order valence-corrected chi connectivity index (χ4v) is 3.67. The second-order valence-corrected chi connectivity index (χ2v) is 7.09. The van der Waals surface area contributed by atoms with Crippen molar-refractivity contribution in [2.45, 2.75) is 45.1 Å². The van der Waals surface area contributed by atoms with Gasteiger partial charge in [0.2, 0.25) is 11.8 Å². The highest BCUT2D eigenvalue weighted by Gasteiger charge is 2.26. The molecule has 0 aromatic heterocycles. The van der Waals surface area contributed by atoms with Crippen molar-refractivity contribution in [2.75, 3.05) is 24.5 Å². The summed E-state index contributed by atoms with van der Waals surface area (Å²) in [5, 5.41) is 0. The maximum absolute atomic E-state index is 12.5. The Morgan fingerprint density at radius 3 is 2.62 bits per heavy atom. The first-order valence-electron chi connectivity index (χ1n) is 8.97. The molecule has 5 nitrogen and oxygen atoms in total. The highest BCUT2D eigenvalue weighted by molar-refractivity contribution is 5.95. The lowest BCUT2D eigenvalue weighted by molar-refractivity contribution is -0.132. The molecule has 2 saturated heterocycles. The molecule has 2 heterocycles. The average Bonchev–Trinajstić information content (AvgIpc) is 3.01. The van der Waals surface area contributed by atoms with Crippen LogP contribution in [0.4, 0.5) is 5.69 Å². The Morgan fingerprint density at radius 2 is 2.00 bits per heavy atom. The lowest BCUT2D eigenvalue weighted by Gasteiger charge is -2.34. The number of nitrogens with zero attached hydrogens (tertiary/aromatic N) is 2. The summed E-state index contributed by atoms with van der Waals surface area (Å²) in [5.74, 6) is 0.769. The van der Waals surface area contributed by atoms with E-state index in [1.807, 2.05) is 41.0 Å². The molecule has 0 saturated carbocycles. The SMILES string of the molecule is C[C@@H](N)[C@@H]1CCCN(C(=O)Cc2ccc(N3CCCC3=O)cc2)C1. The third-order valence-corrected chi connectivity index (χ3v) is 5.23. The number of anilines is 1. The number of hydrogen-bond donors (Lipinski definition) is 1. The van der Waals surface area contributed by atoms with Gasteiger partial charge >= 0.3 is 0 Å². The van der Waals surface area contributed by atoms with E-state index in [1.54, 1.807) is 0 Å². The van der Waals surface area contributed by atoms with Crippen molar-refractivity contribution in [2.24, 2.45) is 11.7 Å². The number of rotatable bonds is 4. The molecule has 2 atom stereocenters. The molecule has 0 radical (unpaired) electrons. The number of nitrogens with two attached hydrogens (primary N) is 1. The lowest BCUT2D eigenvalue weighted by atomic mass is 9.92. The van der Waals surface area contributed by atoms with Gasteiger partial charge in [-0.1, -0.05) is 12.1 Å². The number of benzene rings is 1. The van der Waals surface area contributed by atoms with Crippen LogP contribution in [-0.2, 0) is 16.0 Å². The van der Waals surface area contributed by atoms with E-state index in [2.05, 4.69) is 0 Å². The van der Waals surface area contributed by atoms with Gasteiger partial charge in [0.05, 0.1) is 6.42 Å². The van der Waals surface area contributed by atoms with Gasteiger partial charge in [-0.15, -0.1) is 0 Å². The Labute approximate surface area is 143 Å². The van der Waals surface area contributed by atoms with Gasteiger partial charge in [-0.05, 0) is 49.8 Å². The van der Waals surface area contributed by atoms with Gasteiger partial charge in [-0.2, -0.15) is 0 Å². The highest BCUT2D eigenvalue weighted by Crippen LogP contribution is 2.23. The zero-order chi connectivity index (χ0) is 17.1. The van der Waals surface area contributed by atoms with Crippen LogP contribution >= 0.6 is 0 Å². The first-order valence-corrected chi connectivity index (χ1v) is 8.97. The summed E-state index contributed by atoms with van der Waals surface area (Å²) in [4.78, 5) is 28.1. The molecule has 3 rings (SSSR count). The molecule has 0 bridgehead atoms. The molecular weight excluding hydrogens is 302 g/mol. The Hall–Kier alpha value is -1.88. The summed E-state index contributed by atoms with van der Waals surface area (Å²) >= 11 is 0. The normalized spacial score (nSPS) is 22.8. The topological polar surface area (TPSA) is 66.6 Å². The summed E-state index contributed by atoms with van der Waals surface area (Å²) in [5.41, 5.74) is 7.93. The number of hydrogen-bond acceptors (Lipinski definition) is 3. The largest absolute Gasteiger partial charge is 0.342 e. The van der Waals surface area contributed by atoms with E-state index in [0.29, 0.717) is 18.8 Å². The highest BCUT2D eigenvalue weighted by atomic mass is 16.2. The van der Waals surface area contributed by atoms with Gasteiger partial charge in [-0.3, -0.25) is 9.59 Å². The van der Waals surface area contributed by atoms with Crippen LogP contribution in [0.2, 0.25) is 0 Å². The molecule has 2 aliphatic rings. The average molecular weight is 329 g/mol.